The van der Waals surface area contributed by atoms with Crippen LogP contribution in [0.4, 0.5) is 16.0 Å². The molecular formula is C18H19N5O3S3. The molecule has 3 heterocycles. The zero-order valence-electron chi connectivity index (χ0n) is 15.6. The first-order chi connectivity index (χ1) is 14.1. The quantitative estimate of drug-likeness (QED) is 0.523. The molecule has 0 atom stereocenters. The number of rotatable bonds is 7. The van der Waals surface area contributed by atoms with Crippen molar-refractivity contribution in [3.8, 4) is 5.75 Å². The molecule has 2 N–H and O–H groups in total. The second kappa shape index (κ2) is 8.89. The summed E-state index contributed by atoms with van der Waals surface area (Å²) >= 11 is 4.67. The largest absolute Gasteiger partial charge is 0.495 e. The van der Waals surface area contributed by atoms with Gasteiger partial charge >= 0.3 is 5.97 Å². The van der Waals surface area contributed by atoms with Gasteiger partial charge < -0.3 is 24.4 Å². The summed E-state index contributed by atoms with van der Waals surface area (Å²) in [5, 5.41) is 16.1. The Morgan fingerprint density at radius 1 is 1.21 bits per heavy atom. The summed E-state index contributed by atoms with van der Waals surface area (Å²) in [4.78, 5) is 24.8. The second-order valence-electron chi connectivity index (χ2n) is 6.18. The molecule has 0 amide bonds. The van der Waals surface area contributed by atoms with Gasteiger partial charge in [0.2, 0.25) is 0 Å². The van der Waals surface area contributed by atoms with Crippen molar-refractivity contribution in [1.29, 1.82) is 0 Å². The van der Waals surface area contributed by atoms with E-state index in [-0.39, 0.29) is 5.56 Å². The molecule has 1 fully saturated rings. The molecule has 1 aliphatic rings. The van der Waals surface area contributed by atoms with E-state index in [0.29, 0.717) is 11.4 Å². The summed E-state index contributed by atoms with van der Waals surface area (Å²) in [5.41, 5.74) is 0.888. The molecule has 0 spiro atoms. The standard InChI is InChI=1S/C18H19N5O3S3/c1-26-14-10-12(16(24)25)2-3-13(14)21-29-15-11-28-18(20-15)23-7-5-22(6-8-23)17-19-4-9-27-17/h2-4,9-11,21H,5-8H2,1H3,(H,24,25). The number of hydrogen-bond donors (Lipinski definition) is 2. The van der Waals surface area contributed by atoms with E-state index < -0.39 is 5.97 Å². The van der Waals surface area contributed by atoms with Crippen LogP contribution in [0.15, 0.2) is 40.2 Å². The van der Waals surface area contributed by atoms with Gasteiger partial charge in [0.05, 0.1) is 18.4 Å². The predicted molar refractivity (Wildman–Crippen MR) is 118 cm³/mol. The van der Waals surface area contributed by atoms with E-state index in [2.05, 4.69) is 19.5 Å². The number of thiazole rings is 2. The van der Waals surface area contributed by atoms with Crippen LogP contribution in [-0.4, -0.2) is 54.3 Å². The van der Waals surface area contributed by atoms with E-state index in [1.54, 1.807) is 34.8 Å². The highest BCUT2D eigenvalue weighted by molar-refractivity contribution is 8.00. The van der Waals surface area contributed by atoms with E-state index in [1.165, 1.54) is 25.1 Å². The van der Waals surface area contributed by atoms with E-state index in [9.17, 15) is 4.79 Å². The molecule has 3 aromatic rings. The lowest BCUT2D eigenvalue weighted by atomic mass is 10.2. The maximum atomic E-state index is 11.1. The molecule has 1 aliphatic heterocycles. The Morgan fingerprint density at radius 2 is 1.97 bits per heavy atom. The van der Waals surface area contributed by atoms with Crippen LogP contribution in [0.3, 0.4) is 0 Å². The van der Waals surface area contributed by atoms with E-state index in [4.69, 9.17) is 14.8 Å². The molecule has 1 saturated heterocycles. The molecule has 29 heavy (non-hydrogen) atoms. The lowest BCUT2D eigenvalue weighted by Crippen LogP contribution is -2.46. The molecule has 0 saturated carbocycles. The molecule has 0 bridgehead atoms. The minimum atomic E-state index is -0.985. The molecule has 0 radical (unpaired) electrons. The Kier molecular flexibility index (Phi) is 6.07. The number of piperazine rings is 1. The van der Waals surface area contributed by atoms with Crippen LogP contribution >= 0.6 is 34.6 Å². The Hall–Kier alpha value is -2.50. The highest BCUT2D eigenvalue weighted by atomic mass is 32.2. The summed E-state index contributed by atoms with van der Waals surface area (Å²) < 4.78 is 8.49. The maximum absolute atomic E-state index is 11.1. The third-order valence-electron chi connectivity index (χ3n) is 4.43. The molecule has 4 rings (SSSR count). The van der Waals surface area contributed by atoms with Gasteiger partial charge in [-0.2, -0.15) is 0 Å². The topological polar surface area (TPSA) is 90.8 Å². The summed E-state index contributed by atoms with van der Waals surface area (Å²) in [6.45, 7) is 3.69. The zero-order chi connectivity index (χ0) is 20.2. The van der Waals surface area contributed by atoms with Crippen LogP contribution in [0.5, 0.6) is 5.75 Å². The van der Waals surface area contributed by atoms with E-state index in [0.717, 1.165) is 41.5 Å². The van der Waals surface area contributed by atoms with E-state index in [1.807, 2.05) is 17.0 Å². The first-order valence-electron chi connectivity index (χ1n) is 8.83. The highest BCUT2D eigenvalue weighted by Crippen LogP contribution is 2.33. The summed E-state index contributed by atoms with van der Waals surface area (Å²) in [5.74, 6) is -0.507. The van der Waals surface area contributed by atoms with Gasteiger partial charge in [-0.05, 0) is 18.2 Å². The number of aromatic nitrogens is 2. The van der Waals surface area contributed by atoms with Crippen LogP contribution in [0.2, 0.25) is 0 Å². The zero-order valence-corrected chi connectivity index (χ0v) is 18.0. The molecule has 11 heteroatoms. The summed E-state index contributed by atoms with van der Waals surface area (Å²) in [6.07, 6.45) is 1.84. The molecule has 152 valence electrons. The van der Waals surface area contributed by atoms with Gasteiger partial charge in [-0.15, -0.1) is 22.7 Å². The fourth-order valence-electron chi connectivity index (χ4n) is 2.92. The fraction of sp³-hybridized carbons (Fsp3) is 0.278. The number of methoxy groups -OCH3 is 1. The lowest BCUT2D eigenvalue weighted by Gasteiger charge is -2.34. The molecular weight excluding hydrogens is 430 g/mol. The maximum Gasteiger partial charge on any atom is 0.335 e. The molecule has 0 unspecified atom stereocenters. The number of benzene rings is 1. The Bertz CT molecular complexity index is 971. The molecule has 2 aromatic heterocycles. The van der Waals surface area contributed by atoms with Gasteiger partial charge in [-0.3, -0.25) is 0 Å². The van der Waals surface area contributed by atoms with Gasteiger partial charge in [0, 0.05) is 55.1 Å². The van der Waals surface area contributed by atoms with Gasteiger partial charge in [0.1, 0.15) is 10.8 Å². The summed E-state index contributed by atoms with van der Waals surface area (Å²) in [6, 6.07) is 4.74. The van der Waals surface area contributed by atoms with Crippen molar-refractivity contribution in [2.24, 2.45) is 0 Å². The number of carbonyl (C=O) groups is 1. The number of aromatic carboxylic acids is 1. The van der Waals surface area contributed by atoms with Crippen LogP contribution < -0.4 is 19.3 Å². The average molecular weight is 450 g/mol. The molecule has 1 aromatic carbocycles. The normalized spacial score (nSPS) is 14.1. The van der Waals surface area contributed by atoms with E-state index >= 15 is 0 Å². The first kappa shape index (κ1) is 19.8. The number of anilines is 3. The van der Waals surface area contributed by atoms with Crippen molar-refractivity contribution in [2.75, 3.05) is 47.8 Å². The minimum absolute atomic E-state index is 0.185. The van der Waals surface area contributed by atoms with Gasteiger partial charge in [-0.1, -0.05) is 0 Å². The van der Waals surface area contributed by atoms with Crippen molar-refractivity contribution in [3.05, 3.63) is 40.7 Å². The SMILES string of the molecule is COc1cc(C(=O)O)ccc1NSc1csc(N2CCN(c3nccs3)CC2)n1. The van der Waals surface area contributed by atoms with Crippen LogP contribution in [0, 0.1) is 0 Å². The summed E-state index contributed by atoms with van der Waals surface area (Å²) in [7, 11) is 1.52. The molecule has 0 aliphatic carbocycles. The fourth-order valence-corrected chi connectivity index (χ4v) is 5.27. The first-order valence-corrected chi connectivity index (χ1v) is 11.4. The second-order valence-corrected chi connectivity index (χ2v) is 8.72. The number of nitrogens with zero attached hydrogens (tertiary/aromatic N) is 4. The van der Waals surface area contributed by atoms with Gasteiger partial charge in [-0.25, -0.2) is 14.8 Å². The van der Waals surface area contributed by atoms with Crippen molar-refractivity contribution < 1.29 is 14.6 Å². The highest BCUT2D eigenvalue weighted by Gasteiger charge is 2.21. The van der Waals surface area contributed by atoms with Gasteiger partial charge in [0.25, 0.3) is 0 Å². The van der Waals surface area contributed by atoms with Gasteiger partial charge in [0.15, 0.2) is 10.3 Å². The third-order valence-corrected chi connectivity index (χ3v) is 7.05. The number of ether oxygens (including phenoxy) is 1. The predicted octanol–water partition coefficient (Wildman–Crippen LogP) is 3.75. The van der Waals surface area contributed by atoms with Crippen LogP contribution in [0.1, 0.15) is 10.4 Å². The monoisotopic (exact) mass is 449 g/mol. The Labute approximate surface area is 180 Å². The lowest BCUT2D eigenvalue weighted by molar-refractivity contribution is 0.0696. The average Bonchev–Trinajstić information content (AvgIpc) is 3.44. The van der Waals surface area contributed by atoms with Crippen LogP contribution in [0.25, 0.3) is 0 Å². The van der Waals surface area contributed by atoms with Crippen molar-refractivity contribution in [3.63, 3.8) is 0 Å². The minimum Gasteiger partial charge on any atom is -0.495 e. The third kappa shape index (κ3) is 4.57. The van der Waals surface area contributed by atoms with Crippen molar-refractivity contribution in [2.45, 2.75) is 5.03 Å². The Balaban J connectivity index is 1.35. The number of hydrogen-bond acceptors (Lipinski definition) is 10. The Morgan fingerprint density at radius 3 is 2.62 bits per heavy atom. The van der Waals surface area contributed by atoms with Crippen molar-refractivity contribution in [1.82, 2.24) is 9.97 Å². The smallest absolute Gasteiger partial charge is 0.335 e. The number of nitrogens with one attached hydrogen (secondary N) is 1. The molecule has 8 nitrogen and oxygen atoms in total. The number of carboxylic acid groups (broad SMARTS) is 1. The van der Waals surface area contributed by atoms with Crippen molar-refractivity contribution >= 4 is 56.5 Å². The number of carboxylic acids is 1. The van der Waals surface area contributed by atoms with Crippen LogP contribution in [-0.2, 0) is 0 Å².